The summed E-state index contributed by atoms with van der Waals surface area (Å²) in [5.74, 6) is 1.10. The summed E-state index contributed by atoms with van der Waals surface area (Å²) in [5, 5.41) is 0. The van der Waals surface area contributed by atoms with Crippen molar-refractivity contribution in [2.45, 2.75) is 13.0 Å². The molecule has 0 radical (unpaired) electrons. The van der Waals surface area contributed by atoms with Crippen molar-refractivity contribution in [2.75, 3.05) is 51.5 Å². The lowest BCUT2D eigenvalue weighted by molar-refractivity contribution is -0.142. The van der Waals surface area contributed by atoms with Gasteiger partial charge in [-0.2, -0.15) is 0 Å². The molecule has 2 aromatic rings. The normalized spacial score (nSPS) is 17.9. The van der Waals surface area contributed by atoms with E-state index in [1.165, 1.54) is 0 Å². The zero-order valence-corrected chi connectivity index (χ0v) is 18.9. The van der Waals surface area contributed by atoms with Crippen LogP contribution in [0.2, 0.25) is 0 Å². The van der Waals surface area contributed by atoms with Crippen molar-refractivity contribution in [1.29, 1.82) is 0 Å². The molecule has 8 heteroatoms. The predicted octanol–water partition coefficient (Wildman–Crippen LogP) is 2.76. The molecule has 0 aromatic heterocycles. The minimum atomic E-state index is -0.781. The number of carbonyl (C=O) groups excluding carboxylic acids is 2. The summed E-state index contributed by atoms with van der Waals surface area (Å²) in [6, 6.07) is 12.7. The van der Waals surface area contributed by atoms with Crippen molar-refractivity contribution in [2.24, 2.45) is 0 Å². The fourth-order valence-corrected chi connectivity index (χ4v) is 3.90. The van der Waals surface area contributed by atoms with E-state index in [1.807, 2.05) is 43.3 Å². The first-order valence-electron chi connectivity index (χ1n) is 11.0. The molecular weight excluding hydrogens is 424 g/mol. The van der Waals surface area contributed by atoms with E-state index in [4.69, 9.17) is 18.9 Å². The number of carbonyl (C=O) groups is 2. The zero-order chi connectivity index (χ0) is 23.2. The van der Waals surface area contributed by atoms with Gasteiger partial charge in [0, 0.05) is 13.1 Å². The molecule has 1 atom stereocenters. The molecule has 4 rings (SSSR count). The summed E-state index contributed by atoms with van der Waals surface area (Å²) in [6.07, 6.45) is 3.11. The Morgan fingerprint density at radius 3 is 2.67 bits per heavy atom. The second-order valence-electron chi connectivity index (χ2n) is 7.72. The number of amides is 2. The van der Waals surface area contributed by atoms with Crippen LogP contribution in [-0.2, 0) is 14.3 Å². The number of benzene rings is 2. The minimum Gasteiger partial charge on any atom is -0.493 e. The van der Waals surface area contributed by atoms with Gasteiger partial charge in [-0.3, -0.25) is 9.59 Å². The van der Waals surface area contributed by atoms with Gasteiger partial charge in [-0.25, -0.2) is 0 Å². The van der Waals surface area contributed by atoms with E-state index in [0.717, 1.165) is 5.56 Å². The van der Waals surface area contributed by atoms with Crippen LogP contribution in [0.15, 0.2) is 48.5 Å². The quantitative estimate of drug-likeness (QED) is 0.671. The van der Waals surface area contributed by atoms with Crippen molar-refractivity contribution in [3.63, 3.8) is 0 Å². The van der Waals surface area contributed by atoms with Gasteiger partial charge in [-0.1, -0.05) is 30.4 Å². The Morgan fingerprint density at radius 1 is 1.12 bits per heavy atom. The van der Waals surface area contributed by atoms with Gasteiger partial charge in [0.15, 0.2) is 24.2 Å². The smallest absolute Gasteiger partial charge is 0.265 e. The minimum absolute atomic E-state index is 0.118. The number of hydrogen-bond acceptors (Lipinski definition) is 6. The van der Waals surface area contributed by atoms with Crippen LogP contribution in [0.3, 0.4) is 0 Å². The molecule has 0 bridgehead atoms. The molecule has 2 aromatic carbocycles. The van der Waals surface area contributed by atoms with E-state index in [1.54, 1.807) is 35.1 Å². The molecule has 2 amide bonds. The number of morpholine rings is 1. The Labute approximate surface area is 193 Å². The lowest BCUT2D eigenvalue weighted by atomic mass is 10.1. The van der Waals surface area contributed by atoms with E-state index in [0.29, 0.717) is 49.2 Å². The highest BCUT2D eigenvalue weighted by molar-refractivity contribution is 5.98. The molecule has 1 fully saturated rings. The second kappa shape index (κ2) is 10.4. The number of ether oxygens (including phenoxy) is 4. The van der Waals surface area contributed by atoms with Crippen LogP contribution in [0.1, 0.15) is 12.5 Å². The second-order valence-corrected chi connectivity index (χ2v) is 7.72. The molecule has 1 saturated heterocycles. The summed E-state index contributed by atoms with van der Waals surface area (Å²) < 4.78 is 22.5. The van der Waals surface area contributed by atoms with Gasteiger partial charge in [-0.15, -0.1) is 0 Å². The van der Waals surface area contributed by atoms with Gasteiger partial charge < -0.3 is 28.7 Å². The highest BCUT2D eigenvalue weighted by Gasteiger charge is 2.36. The maximum absolute atomic E-state index is 13.2. The maximum atomic E-state index is 13.2. The fourth-order valence-electron chi connectivity index (χ4n) is 3.90. The largest absolute Gasteiger partial charge is 0.493 e. The summed E-state index contributed by atoms with van der Waals surface area (Å²) in [4.78, 5) is 29.5. The molecule has 8 nitrogen and oxygen atoms in total. The van der Waals surface area contributed by atoms with Gasteiger partial charge in [0.2, 0.25) is 0 Å². The Kier molecular flexibility index (Phi) is 7.14. The van der Waals surface area contributed by atoms with E-state index in [2.05, 4.69) is 0 Å². The SMILES string of the molecule is C/C=C/c1ccc(OCC(=O)N2CC(C(=O)N3CCOCC3)Oc3ccccc32)c(OC)c1. The monoisotopic (exact) mass is 452 g/mol. The molecule has 0 aliphatic carbocycles. The summed E-state index contributed by atoms with van der Waals surface area (Å²) in [7, 11) is 1.56. The van der Waals surface area contributed by atoms with Crippen molar-refractivity contribution in [3.05, 3.63) is 54.1 Å². The van der Waals surface area contributed by atoms with Crippen LogP contribution >= 0.6 is 0 Å². The molecular formula is C25H28N2O6. The van der Waals surface area contributed by atoms with Crippen LogP contribution in [0.25, 0.3) is 6.08 Å². The number of methoxy groups -OCH3 is 1. The molecule has 2 aliphatic rings. The van der Waals surface area contributed by atoms with Gasteiger partial charge in [-0.05, 0) is 36.8 Å². The van der Waals surface area contributed by atoms with Crippen LogP contribution in [-0.4, -0.2) is 69.4 Å². The third-order valence-corrected chi connectivity index (χ3v) is 5.57. The number of hydrogen-bond donors (Lipinski definition) is 0. The van der Waals surface area contributed by atoms with Crippen molar-refractivity contribution >= 4 is 23.6 Å². The summed E-state index contributed by atoms with van der Waals surface area (Å²) in [6.45, 7) is 3.88. The van der Waals surface area contributed by atoms with Gasteiger partial charge in [0.1, 0.15) is 5.75 Å². The zero-order valence-electron chi connectivity index (χ0n) is 18.9. The Hall–Kier alpha value is -3.52. The maximum Gasteiger partial charge on any atom is 0.265 e. The van der Waals surface area contributed by atoms with Crippen LogP contribution in [0.4, 0.5) is 5.69 Å². The van der Waals surface area contributed by atoms with Crippen molar-refractivity contribution in [3.8, 4) is 17.2 Å². The molecule has 174 valence electrons. The third-order valence-electron chi connectivity index (χ3n) is 5.57. The summed E-state index contributed by atoms with van der Waals surface area (Å²) in [5.41, 5.74) is 1.59. The van der Waals surface area contributed by atoms with Crippen molar-refractivity contribution < 1.29 is 28.5 Å². The van der Waals surface area contributed by atoms with Crippen molar-refractivity contribution in [1.82, 2.24) is 4.90 Å². The average molecular weight is 453 g/mol. The standard InChI is InChI=1S/C25H28N2O6/c1-3-6-18-9-10-21(22(15-18)30-2)32-17-24(28)27-16-23(25(29)26-11-13-31-14-12-26)33-20-8-5-4-7-19(20)27/h3-10,15,23H,11-14,16-17H2,1-2H3/b6-3+. The Bertz CT molecular complexity index is 1030. The third kappa shape index (κ3) is 5.12. The predicted molar refractivity (Wildman–Crippen MR) is 124 cm³/mol. The first kappa shape index (κ1) is 22.7. The van der Waals surface area contributed by atoms with Gasteiger partial charge >= 0.3 is 0 Å². The number of nitrogens with zero attached hydrogens (tertiary/aromatic N) is 2. The van der Waals surface area contributed by atoms with E-state index in [-0.39, 0.29) is 25.0 Å². The van der Waals surface area contributed by atoms with E-state index in [9.17, 15) is 9.59 Å². The Morgan fingerprint density at radius 2 is 1.91 bits per heavy atom. The van der Waals surface area contributed by atoms with E-state index < -0.39 is 6.10 Å². The average Bonchev–Trinajstić information content (AvgIpc) is 2.87. The molecule has 2 aliphatic heterocycles. The molecule has 0 N–H and O–H groups in total. The van der Waals surface area contributed by atoms with Crippen LogP contribution in [0.5, 0.6) is 17.2 Å². The number of anilines is 1. The lowest BCUT2D eigenvalue weighted by Gasteiger charge is -2.37. The highest BCUT2D eigenvalue weighted by Crippen LogP contribution is 2.34. The number of rotatable bonds is 6. The van der Waals surface area contributed by atoms with E-state index >= 15 is 0 Å². The van der Waals surface area contributed by atoms with Crippen LogP contribution < -0.4 is 19.1 Å². The number of allylic oxidation sites excluding steroid dienone is 1. The van der Waals surface area contributed by atoms with Crippen LogP contribution in [0, 0.1) is 0 Å². The van der Waals surface area contributed by atoms with Gasteiger partial charge in [0.25, 0.3) is 11.8 Å². The first-order chi connectivity index (χ1) is 16.1. The summed E-state index contributed by atoms with van der Waals surface area (Å²) >= 11 is 0. The topological polar surface area (TPSA) is 77.5 Å². The molecule has 2 heterocycles. The Balaban J connectivity index is 1.49. The molecule has 0 spiro atoms. The highest BCUT2D eigenvalue weighted by atomic mass is 16.5. The lowest BCUT2D eigenvalue weighted by Crippen LogP contribution is -2.54. The molecule has 0 saturated carbocycles. The molecule has 1 unspecified atom stereocenters. The number of para-hydroxylation sites is 2. The van der Waals surface area contributed by atoms with Gasteiger partial charge in [0.05, 0.1) is 32.6 Å². The first-order valence-corrected chi connectivity index (χ1v) is 11.0. The number of fused-ring (bicyclic) bond motifs is 1. The fraction of sp³-hybridized carbons (Fsp3) is 0.360. The molecule has 33 heavy (non-hydrogen) atoms.